The van der Waals surface area contributed by atoms with E-state index < -0.39 is 13.7 Å². The fourth-order valence-corrected chi connectivity index (χ4v) is 7.60. The molecule has 56 heavy (non-hydrogen) atoms. The molecule has 7 aromatic carbocycles. The summed E-state index contributed by atoms with van der Waals surface area (Å²) in [7, 11) is 0. The minimum atomic E-state index is -2.42. The SMILES string of the molecule is [2H]C([2H])([2H])c1ccc(-c2ccnc(-c3cc(-c4ccccc4)cc(-c4cccc5c4nc(-c4cc(C)cc(C)c4O)n5-c4ccc(-c5ccccc5)c(C([2H])([2H])[2H])c4)c3)c2)cc1. The molecule has 0 unspecified atom stereocenters. The molecular formula is C52H41N3O. The minimum Gasteiger partial charge on any atom is -0.507 e. The molecule has 0 saturated heterocycles. The quantitative estimate of drug-likeness (QED) is 0.178. The van der Waals surface area contributed by atoms with E-state index in [1.54, 1.807) is 24.4 Å². The molecule has 9 aromatic rings. The Bertz CT molecular complexity index is 3120. The lowest BCUT2D eigenvalue weighted by Gasteiger charge is -2.15. The highest BCUT2D eigenvalue weighted by atomic mass is 16.3. The van der Waals surface area contributed by atoms with E-state index in [2.05, 4.69) is 30.3 Å². The van der Waals surface area contributed by atoms with Gasteiger partial charge < -0.3 is 5.11 Å². The first-order chi connectivity index (χ1) is 29.7. The number of aryl methyl sites for hydroxylation is 4. The molecule has 2 heterocycles. The van der Waals surface area contributed by atoms with Crippen molar-refractivity contribution >= 4 is 11.0 Å². The standard InChI is InChI=1S/C52H41N3O/c1-33-18-20-38(21-19-33)40-24-25-53-48(32-40)43-30-41(37-12-7-5-8-13-37)29-42(31-43)46-16-11-17-49-50(46)54-52(47-27-34(2)26-36(4)51(47)56)55(49)44-22-23-45(35(3)28-44)39-14-9-6-10-15-39/h5-32,56H,1-4H3/i1D3,3D3. The third-order valence-electron chi connectivity index (χ3n) is 10.3. The number of benzene rings is 7. The molecule has 270 valence electrons. The third-order valence-corrected chi connectivity index (χ3v) is 10.3. The largest absolute Gasteiger partial charge is 0.507 e. The number of rotatable bonds is 7. The Balaban J connectivity index is 1.27. The average molecular weight is 730 g/mol. The summed E-state index contributed by atoms with van der Waals surface area (Å²) >= 11 is 0. The van der Waals surface area contributed by atoms with Crippen molar-refractivity contribution in [3.05, 3.63) is 192 Å². The molecule has 0 amide bonds. The van der Waals surface area contributed by atoms with Crippen molar-refractivity contribution < 1.29 is 13.3 Å². The van der Waals surface area contributed by atoms with Crippen molar-refractivity contribution in [1.82, 2.24) is 14.5 Å². The number of fused-ring (bicyclic) bond motifs is 1. The van der Waals surface area contributed by atoms with E-state index in [9.17, 15) is 5.11 Å². The van der Waals surface area contributed by atoms with E-state index in [0.717, 1.165) is 61.3 Å². The molecule has 0 atom stereocenters. The van der Waals surface area contributed by atoms with Gasteiger partial charge in [-0.15, -0.1) is 0 Å². The van der Waals surface area contributed by atoms with Gasteiger partial charge in [0, 0.05) is 31.2 Å². The van der Waals surface area contributed by atoms with Crippen LogP contribution in [0.3, 0.4) is 0 Å². The Labute approximate surface area is 336 Å². The first-order valence-corrected chi connectivity index (χ1v) is 18.5. The maximum atomic E-state index is 11.6. The number of nitrogens with zero attached hydrogens (tertiary/aromatic N) is 3. The van der Waals surface area contributed by atoms with E-state index in [-0.39, 0.29) is 16.9 Å². The van der Waals surface area contributed by atoms with Crippen molar-refractivity contribution in [2.75, 3.05) is 0 Å². The predicted octanol–water partition coefficient (Wildman–Crippen LogP) is 13.4. The number of imidazole rings is 1. The van der Waals surface area contributed by atoms with Gasteiger partial charge in [-0.05, 0) is 138 Å². The zero-order valence-electron chi connectivity index (χ0n) is 37.0. The lowest BCUT2D eigenvalue weighted by molar-refractivity contribution is 0.472. The summed E-state index contributed by atoms with van der Waals surface area (Å²) in [4.78, 5) is 10.2. The number of aromatic nitrogens is 3. The average Bonchev–Trinajstić information content (AvgIpc) is 3.67. The summed E-state index contributed by atoms with van der Waals surface area (Å²) in [5.41, 5.74) is 13.1. The number of para-hydroxylation sites is 1. The highest BCUT2D eigenvalue weighted by molar-refractivity contribution is 5.98. The van der Waals surface area contributed by atoms with Crippen molar-refractivity contribution in [3.63, 3.8) is 0 Å². The van der Waals surface area contributed by atoms with Crippen LogP contribution in [0.4, 0.5) is 0 Å². The molecule has 0 saturated carbocycles. The maximum absolute atomic E-state index is 11.6. The first kappa shape index (κ1) is 28.4. The molecule has 0 radical (unpaired) electrons. The summed E-state index contributed by atoms with van der Waals surface area (Å²) in [6.07, 6.45) is 1.76. The van der Waals surface area contributed by atoms with Crippen LogP contribution in [0.2, 0.25) is 0 Å². The van der Waals surface area contributed by atoms with Gasteiger partial charge in [0.05, 0.1) is 22.3 Å². The molecule has 0 aliphatic heterocycles. The van der Waals surface area contributed by atoms with Gasteiger partial charge in [0.2, 0.25) is 0 Å². The van der Waals surface area contributed by atoms with Crippen molar-refractivity contribution in [1.29, 1.82) is 0 Å². The highest BCUT2D eigenvalue weighted by Crippen LogP contribution is 2.41. The van der Waals surface area contributed by atoms with Crippen LogP contribution < -0.4 is 0 Å². The zero-order chi connectivity index (χ0) is 43.3. The molecule has 0 aliphatic carbocycles. The number of pyridine rings is 1. The summed E-state index contributed by atoms with van der Waals surface area (Å²) in [5.74, 6) is 0.567. The van der Waals surface area contributed by atoms with Crippen LogP contribution >= 0.6 is 0 Å². The molecule has 0 bridgehead atoms. The fourth-order valence-electron chi connectivity index (χ4n) is 7.60. The Hall–Kier alpha value is -7.04. The number of hydrogen-bond acceptors (Lipinski definition) is 3. The second kappa shape index (κ2) is 14.3. The number of aromatic hydroxyl groups is 1. The molecule has 2 aromatic heterocycles. The highest BCUT2D eigenvalue weighted by Gasteiger charge is 2.22. The minimum absolute atomic E-state index is 0.0954. The molecule has 1 N–H and O–H groups in total. The van der Waals surface area contributed by atoms with Gasteiger partial charge in [0.25, 0.3) is 0 Å². The van der Waals surface area contributed by atoms with Gasteiger partial charge in [0.1, 0.15) is 11.6 Å². The molecule has 0 spiro atoms. The molecule has 9 rings (SSSR count). The van der Waals surface area contributed by atoms with Gasteiger partial charge in [-0.25, -0.2) is 4.98 Å². The number of hydrogen-bond donors (Lipinski definition) is 1. The fraction of sp³-hybridized carbons (Fsp3) is 0.0769. The third kappa shape index (κ3) is 6.46. The van der Waals surface area contributed by atoms with Gasteiger partial charge in [0.15, 0.2) is 0 Å². The van der Waals surface area contributed by atoms with Crippen molar-refractivity contribution in [3.8, 4) is 78.6 Å². The van der Waals surface area contributed by atoms with Crippen molar-refractivity contribution in [2.24, 2.45) is 0 Å². The van der Waals surface area contributed by atoms with Crippen LogP contribution in [0.15, 0.2) is 170 Å². The van der Waals surface area contributed by atoms with Crippen LogP contribution in [-0.4, -0.2) is 19.6 Å². The van der Waals surface area contributed by atoms with Crippen molar-refractivity contribution in [2.45, 2.75) is 27.6 Å². The Kier molecular flexibility index (Phi) is 7.26. The Morgan fingerprint density at radius 3 is 2.00 bits per heavy atom. The predicted molar refractivity (Wildman–Crippen MR) is 232 cm³/mol. The topological polar surface area (TPSA) is 50.9 Å². The van der Waals surface area contributed by atoms with E-state index >= 15 is 0 Å². The lowest BCUT2D eigenvalue weighted by atomic mass is 9.93. The van der Waals surface area contributed by atoms with Gasteiger partial charge >= 0.3 is 0 Å². The summed E-state index contributed by atoms with van der Waals surface area (Å²) in [6.45, 7) is -0.784. The Morgan fingerprint density at radius 2 is 1.23 bits per heavy atom. The zero-order valence-corrected chi connectivity index (χ0v) is 31.0. The van der Waals surface area contributed by atoms with Crippen LogP contribution in [0.5, 0.6) is 5.75 Å². The van der Waals surface area contributed by atoms with E-state index in [1.807, 2.05) is 134 Å². The molecule has 4 nitrogen and oxygen atoms in total. The molecule has 0 fully saturated rings. The van der Waals surface area contributed by atoms with Gasteiger partial charge in [-0.3, -0.25) is 9.55 Å². The summed E-state index contributed by atoms with van der Waals surface area (Å²) < 4.78 is 51.2. The smallest absolute Gasteiger partial charge is 0.149 e. The summed E-state index contributed by atoms with van der Waals surface area (Å²) in [6, 6.07) is 52.1. The van der Waals surface area contributed by atoms with E-state index in [1.165, 1.54) is 0 Å². The molecule has 0 aliphatic rings. The Morgan fingerprint density at radius 1 is 0.500 bits per heavy atom. The second-order valence-corrected chi connectivity index (χ2v) is 14.2. The van der Waals surface area contributed by atoms with Crippen LogP contribution in [0, 0.1) is 27.6 Å². The first-order valence-electron chi connectivity index (χ1n) is 21.5. The van der Waals surface area contributed by atoms with Crippen LogP contribution in [-0.2, 0) is 0 Å². The molecular weight excluding hydrogens is 683 g/mol. The number of phenolic OH excluding ortho intramolecular Hbond substituents is 1. The van der Waals surface area contributed by atoms with Crippen LogP contribution in [0.1, 0.15) is 30.5 Å². The van der Waals surface area contributed by atoms with Crippen LogP contribution in [0.25, 0.3) is 83.9 Å². The monoisotopic (exact) mass is 729 g/mol. The van der Waals surface area contributed by atoms with Gasteiger partial charge in [-0.1, -0.05) is 115 Å². The van der Waals surface area contributed by atoms with E-state index in [0.29, 0.717) is 33.7 Å². The lowest BCUT2D eigenvalue weighted by Crippen LogP contribution is -2.00. The van der Waals surface area contributed by atoms with E-state index in [4.69, 9.17) is 18.2 Å². The summed E-state index contributed by atoms with van der Waals surface area (Å²) in [5, 5.41) is 11.6. The normalized spacial score (nSPS) is 13.3. The maximum Gasteiger partial charge on any atom is 0.149 e. The number of phenols is 1. The molecule has 4 heteroatoms. The van der Waals surface area contributed by atoms with Gasteiger partial charge in [-0.2, -0.15) is 0 Å². The second-order valence-electron chi connectivity index (χ2n) is 14.2.